The highest BCUT2D eigenvalue weighted by molar-refractivity contribution is 9.08. The van der Waals surface area contributed by atoms with E-state index in [1.165, 1.54) is 10.3 Å². The number of nitrogens with two attached hydrogens (primary N) is 1. The molecule has 0 unspecified atom stereocenters. The number of para-hydroxylation sites is 1. The lowest BCUT2D eigenvalue weighted by molar-refractivity contribution is -0.321. The van der Waals surface area contributed by atoms with Crippen molar-refractivity contribution < 1.29 is 4.98 Å². The van der Waals surface area contributed by atoms with Crippen molar-refractivity contribution in [1.82, 2.24) is 0 Å². The largest absolute Gasteiger partial charge is 0.330 e. The third-order valence-corrected chi connectivity index (χ3v) is 3.21. The number of nitrogens with one attached hydrogen (secondary N) is 1. The molecule has 0 aliphatic carbocycles. The number of benzene rings is 1. The van der Waals surface area contributed by atoms with Gasteiger partial charge in [-0.2, -0.15) is 0 Å². The Kier molecular flexibility index (Phi) is 2.02. The van der Waals surface area contributed by atoms with Crippen LogP contribution in [0.2, 0.25) is 0 Å². The normalized spacial score (nSPS) is 10.8. The maximum atomic E-state index is 5.66. The molecular formula is C8H8BrN2S+. The molecule has 0 spiro atoms. The van der Waals surface area contributed by atoms with Crippen LogP contribution in [0.5, 0.6) is 0 Å². The van der Waals surface area contributed by atoms with Crippen LogP contribution >= 0.6 is 27.3 Å². The van der Waals surface area contributed by atoms with Crippen LogP contribution in [-0.4, -0.2) is 0 Å². The zero-order valence-corrected chi connectivity index (χ0v) is 8.71. The Morgan fingerprint density at radius 1 is 1.50 bits per heavy atom. The molecule has 1 aromatic carbocycles. The topological polar surface area (TPSA) is 40.2 Å². The van der Waals surface area contributed by atoms with Gasteiger partial charge in [0, 0.05) is 10.9 Å². The standard InChI is InChI=1S/C8H7BrN2S/c9-4-5-2-1-3-6-7(5)11-8(10)12-6/h1-3H,4H2,(H2,10,11)/p+1. The molecule has 2 nitrogen and oxygen atoms in total. The van der Waals surface area contributed by atoms with E-state index >= 15 is 0 Å². The summed E-state index contributed by atoms with van der Waals surface area (Å²) in [7, 11) is 0. The molecule has 0 aliphatic rings. The Balaban J connectivity index is 2.78. The first-order chi connectivity index (χ1) is 5.81. The Labute approximate surface area is 82.5 Å². The molecule has 0 fully saturated rings. The van der Waals surface area contributed by atoms with Crippen molar-refractivity contribution in [2.75, 3.05) is 5.73 Å². The molecule has 4 heteroatoms. The van der Waals surface area contributed by atoms with Crippen LogP contribution in [0.4, 0.5) is 5.13 Å². The maximum Gasteiger partial charge on any atom is 0.330 e. The summed E-state index contributed by atoms with van der Waals surface area (Å²) in [6.07, 6.45) is 0. The molecule has 2 aromatic rings. The molecular weight excluding hydrogens is 236 g/mol. The summed E-state index contributed by atoms with van der Waals surface area (Å²) >= 11 is 5.01. The first-order valence-electron chi connectivity index (χ1n) is 3.56. The van der Waals surface area contributed by atoms with Crippen molar-refractivity contribution in [3.63, 3.8) is 0 Å². The maximum absolute atomic E-state index is 5.66. The van der Waals surface area contributed by atoms with Gasteiger partial charge in [0.25, 0.3) is 0 Å². The fraction of sp³-hybridized carbons (Fsp3) is 0.125. The lowest BCUT2D eigenvalue weighted by Gasteiger charge is -1.92. The van der Waals surface area contributed by atoms with Crippen LogP contribution < -0.4 is 10.7 Å². The first kappa shape index (κ1) is 8.01. The van der Waals surface area contributed by atoms with E-state index in [9.17, 15) is 0 Å². The van der Waals surface area contributed by atoms with Crippen molar-refractivity contribution in [2.45, 2.75) is 5.33 Å². The quantitative estimate of drug-likeness (QED) is 0.767. The summed E-state index contributed by atoms with van der Waals surface area (Å²) in [5, 5.41) is 1.62. The highest BCUT2D eigenvalue weighted by Gasteiger charge is 2.08. The predicted molar refractivity (Wildman–Crippen MR) is 55.4 cm³/mol. The highest BCUT2D eigenvalue weighted by atomic mass is 79.9. The van der Waals surface area contributed by atoms with Gasteiger partial charge in [0.15, 0.2) is 0 Å². The molecule has 1 aromatic heterocycles. The molecule has 62 valence electrons. The molecule has 0 atom stereocenters. The molecule has 3 N–H and O–H groups in total. The molecule has 0 saturated carbocycles. The molecule has 0 amide bonds. The van der Waals surface area contributed by atoms with E-state index in [0.717, 1.165) is 16.0 Å². The number of anilines is 1. The summed E-state index contributed by atoms with van der Waals surface area (Å²) < 4.78 is 1.21. The number of thiazole rings is 1. The molecule has 12 heavy (non-hydrogen) atoms. The minimum absolute atomic E-state index is 0.762. The molecule has 2 rings (SSSR count). The van der Waals surface area contributed by atoms with Gasteiger partial charge in [-0.1, -0.05) is 28.1 Å². The summed E-state index contributed by atoms with van der Waals surface area (Å²) in [5.41, 5.74) is 8.06. The van der Waals surface area contributed by atoms with E-state index in [4.69, 9.17) is 5.73 Å². The second-order valence-electron chi connectivity index (χ2n) is 2.52. The number of halogens is 1. The van der Waals surface area contributed by atoms with Gasteiger partial charge in [-0.05, 0) is 17.4 Å². The smallest absolute Gasteiger partial charge is 0.278 e. The number of alkyl halides is 1. The minimum atomic E-state index is 0.762. The van der Waals surface area contributed by atoms with E-state index < -0.39 is 0 Å². The molecule has 1 heterocycles. The molecule has 0 radical (unpaired) electrons. The Hall–Kier alpha value is -0.610. The number of fused-ring (bicyclic) bond motifs is 1. The zero-order valence-electron chi connectivity index (χ0n) is 6.30. The highest BCUT2D eigenvalue weighted by Crippen LogP contribution is 2.23. The van der Waals surface area contributed by atoms with Gasteiger partial charge in [-0.25, -0.2) is 4.98 Å². The Morgan fingerprint density at radius 3 is 3.08 bits per heavy atom. The van der Waals surface area contributed by atoms with Gasteiger partial charge in [-0.3, -0.25) is 5.73 Å². The summed E-state index contributed by atoms with van der Waals surface area (Å²) in [6, 6.07) is 6.20. The summed E-state index contributed by atoms with van der Waals surface area (Å²) in [6.45, 7) is 0. The van der Waals surface area contributed by atoms with Gasteiger partial charge in [0.1, 0.15) is 5.52 Å². The zero-order chi connectivity index (χ0) is 8.55. The van der Waals surface area contributed by atoms with E-state index in [1.54, 1.807) is 11.3 Å². The van der Waals surface area contributed by atoms with Crippen molar-refractivity contribution in [3.8, 4) is 0 Å². The lowest BCUT2D eigenvalue weighted by Crippen LogP contribution is -2.05. The van der Waals surface area contributed by atoms with Crippen LogP contribution in [-0.2, 0) is 5.33 Å². The van der Waals surface area contributed by atoms with Crippen LogP contribution in [0, 0.1) is 0 Å². The van der Waals surface area contributed by atoms with Crippen molar-refractivity contribution in [3.05, 3.63) is 23.8 Å². The summed E-state index contributed by atoms with van der Waals surface area (Å²) in [4.78, 5) is 3.14. The number of rotatable bonds is 1. The average Bonchev–Trinajstić information content (AvgIpc) is 2.44. The molecule has 0 saturated heterocycles. The lowest BCUT2D eigenvalue weighted by atomic mass is 10.2. The van der Waals surface area contributed by atoms with Crippen molar-refractivity contribution in [2.24, 2.45) is 0 Å². The number of H-pyrrole nitrogens is 1. The number of hydrogen-bond donors (Lipinski definition) is 1. The second-order valence-corrected chi connectivity index (χ2v) is 4.16. The fourth-order valence-corrected chi connectivity index (χ4v) is 2.47. The van der Waals surface area contributed by atoms with Crippen LogP contribution in [0.15, 0.2) is 18.2 Å². The van der Waals surface area contributed by atoms with Gasteiger partial charge in [0.05, 0.1) is 4.70 Å². The van der Waals surface area contributed by atoms with Crippen LogP contribution in [0.3, 0.4) is 0 Å². The third kappa shape index (κ3) is 1.21. The molecule has 0 aliphatic heterocycles. The third-order valence-electron chi connectivity index (χ3n) is 1.72. The fourth-order valence-electron chi connectivity index (χ4n) is 1.18. The van der Waals surface area contributed by atoms with Crippen molar-refractivity contribution >= 4 is 42.6 Å². The minimum Gasteiger partial charge on any atom is -0.278 e. The number of aromatic nitrogens is 1. The van der Waals surface area contributed by atoms with Crippen molar-refractivity contribution in [1.29, 1.82) is 0 Å². The van der Waals surface area contributed by atoms with E-state index in [2.05, 4.69) is 33.0 Å². The van der Waals surface area contributed by atoms with Crippen LogP contribution in [0.1, 0.15) is 5.56 Å². The van der Waals surface area contributed by atoms with E-state index in [-0.39, 0.29) is 0 Å². The number of hydrogen-bond acceptors (Lipinski definition) is 2. The van der Waals surface area contributed by atoms with Gasteiger partial charge in [0.2, 0.25) is 0 Å². The molecule has 0 bridgehead atoms. The number of nitrogen functional groups attached to an aromatic ring is 1. The van der Waals surface area contributed by atoms with Gasteiger partial charge in [-0.15, -0.1) is 0 Å². The monoisotopic (exact) mass is 243 g/mol. The number of aromatic amines is 1. The van der Waals surface area contributed by atoms with E-state index in [0.29, 0.717) is 0 Å². The predicted octanol–water partition coefficient (Wildman–Crippen LogP) is 2.19. The first-order valence-corrected chi connectivity index (χ1v) is 5.50. The SMILES string of the molecule is Nc1[nH+]c2c(CBr)cccc2s1. The Morgan fingerprint density at radius 2 is 2.33 bits per heavy atom. The summed E-state index contributed by atoms with van der Waals surface area (Å²) in [5.74, 6) is 0. The average molecular weight is 244 g/mol. The Bertz CT molecular complexity index is 410. The van der Waals surface area contributed by atoms with Crippen LogP contribution in [0.25, 0.3) is 10.2 Å². The van der Waals surface area contributed by atoms with Gasteiger partial charge >= 0.3 is 5.13 Å². The second kappa shape index (κ2) is 3.03. The van der Waals surface area contributed by atoms with E-state index in [1.807, 2.05) is 6.07 Å². The van der Waals surface area contributed by atoms with Gasteiger partial charge < -0.3 is 0 Å².